The van der Waals surface area contributed by atoms with Gasteiger partial charge in [-0.1, -0.05) is 55.8 Å². The lowest BCUT2D eigenvalue weighted by Gasteiger charge is -2.21. The zero-order chi connectivity index (χ0) is 19.3. The van der Waals surface area contributed by atoms with Crippen molar-refractivity contribution in [2.45, 2.75) is 25.3 Å². The second-order valence-corrected chi connectivity index (χ2v) is 8.22. The molecule has 0 atom stereocenters. The van der Waals surface area contributed by atoms with Crippen LogP contribution in [0.3, 0.4) is 0 Å². The van der Waals surface area contributed by atoms with Crippen molar-refractivity contribution < 1.29 is 13.2 Å². The van der Waals surface area contributed by atoms with Crippen LogP contribution in [-0.2, 0) is 16.6 Å². The highest BCUT2D eigenvalue weighted by molar-refractivity contribution is 7.89. The van der Waals surface area contributed by atoms with Gasteiger partial charge in [0.1, 0.15) is 0 Å². The summed E-state index contributed by atoms with van der Waals surface area (Å²) in [4.78, 5) is 14.4. The summed E-state index contributed by atoms with van der Waals surface area (Å²) >= 11 is 6.18. The normalized spacial score (nSPS) is 11.6. The molecule has 2 aromatic carbocycles. The van der Waals surface area contributed by atoms with Crippen LogP contribution in [0.4, 0.5) is 0 Å². The maximum absolute atomic E-state index is 12.8. The van der Waals surface area contributed by atoms with Gasteiger partial charge in [-0.3, -0.25) is 4.79 Å². The Kier molecular flexibility index (Phi) is 6.81. The van der Waals surface area contributed by atoms with Crippen LogP contribution in [0.25, 0.3) is 0 Å². The summed E-state index contributed by atoms with van der Waals surface area (Å²) in [5.41, 5.74) is 1.16. The van der Waals surface area contributed by atoms with Gasteiger partial charge >= 0.3 is 0 Å². The zero-order valence-corrected chi connectivity index (χ0v) is 16.7. The van der Waals surface area contributed by atoms with Crippen molar-refractivity contribution in [2.24, 2.45) is 0 Å². The molecule has 0 radical (unpaired) electrons. The molecule has 0 aliphatic rings. The first-order valence-electron chi connectivity index (χ1n) is 8.40. The van der Waals surface area contributed by atoms with E-state index in [1.807, 2.05) is 30.3 Å². The molecule has 0 aliphatic heterocycles. The molecule has 0 saturated carbocycles. The van der Waals surface area contributed by atoms with E-state index in [9.17, 15) is 13.2 Å². The number of carbonyl (C=O) groups excluding carboxylic acids is 1. The maximum Gasteiger partial charge on any atom is 0.255 e. The fraction of sp³-hybridized carbons (Fsp3) is 0.316. The van der Waals surface area contributed by atoms with Crippen molar-refractivity contribution in [1.82, 2.24) is 9.21 Å². The minimum Gasteiger partial charge on any atom is -0.337 e. The monoisotopic (exact) mass is 394 g/mol. The lowest BCUT2D eigenvalue weighted by molar-refractivity contribution is 0.0785. The fourth-order valence-electron chi connectivity index (χ4n) is 2.68. The summed E-state index contributed by atoms with van der Waals surface area (Å²) in [6, 6.07) is 13.8. The molecular formula is C19H23ClN2O3S. The van der Waals surface area contributed by atoms with E-state index in [-0.39, 0.29) is 21.4 Å². The molecule has 0 bridgehead atoms. The molecule has 5 nitrogen and oxygen atoms in total. The average Bonchev–Trinajstić information content (AvgIpc) is 2.63. The second-order valence-electron chi connectivity index (χ2n) is 5.88. The predicted molar refractivity (Wildman–Crippen MR) is 104 cm³/mol. The molecule has 0 N–H and O–H groups in total. The van der Waals surface area contributed by atoms with Crippen LogP contribution in [0.1, 0.15) is 29.8 Å². The van der Waals surface area contributed by atoms with E-state index in [0.29, 0.717) is 19.6 Å². The van der Waals surface area contributed by atoms with Crippen molar-refractivity contribution >= 4 is 27.5 Å². The van der Waals surface area contributed by atoms with Crippen LogP contribution in [0.15, 0.2) is 53.4 Å². The second kappa shape index (κ2) is 8.66. The standard InChI is InChI=1S/C19H23ClN2O3S/c1-4-22(5-2)26(24,25)16-11-12-18(20)17(13-16)19(23)21(3)14-15-9-7-6-8-10-15/h6-13H,4-5,14H2,1-3H3. The Morgan fingerprint density at radius 2 is 1.65 bits per heavy atom. The summed E-state index contributed by atoms with van der Waals surface area (Å²) in [6.07, 6.45) is 0. The number of sulfonamides is 1. The smallest absolute Gasteiger partial charge is 0.255 e. The Morgan fingerprint density at radius 1 is 1.04 bits per heavy atom. The summed E-state index contributed by atoms with van der Waals surface area (Å²) < 4.78 is 26.7. The number of carbonyl (C=O) groups is 1. The molecule has 140 valence electrons. The van der Waals surface area contributed by atoms with Gasteiger partial charge in [0.2, 0.25) is 10.0 Å². The summed E-state index contributed by atoms with van der Waals surface area (Å²) in [5, 5.41) is 0.230. The molecule has 0 heterocycles. The van der Waals surface area contributed by atoms with Gasteiger partial charge < -0.3 is 4.90 Å². The van der Waals surface area contributed by atoms with E-state index in [0.717, 1.165) is 5.56 Å². The molecular weight excluding hydrogens is 372 g/mol. The third-order valence-electron chi connectivity index (χ3n) is 4.12. The molecule has 0 fully saturated rings. The first-order chi connectivity index (χ1) is 12.3. The van der Waals surface area contributed by atoms with E-state index in [2.05, 4.69) is 0 Å². The predicted octanol–water partition coefficient (Wildman–Crippen LogP) is 3.64. The van der Waals surface area contributed by atoms with Crippen LogP contribution < -0.4 is 0 Å². The van der Waals surface area contributed by atoms with Gasteiger partial charge in [0.05, 0.1) is 15.5 Å². The van der Waals surface area contributed by atoms with Gasteiger partial charge in [-0.15, -0.1) is 0 Å². The highest BCUT2D eigenvalue weighted by Crippen LogP contribution is 2.24. The number of rotatable bonds is 7. The third kappa shape index (κ3) is 4.44. The lowest BCUT2D eigenvalue weighted by Crippen LogP contribution is -2.31. The number of benzene rings is 2. The van der Waals surface area contributed by atoms with Crippen LogP contribution >= 0.6 is 11.6 Å². The SMILES string of the molecule is CCN(CC)S(=O)(=O)c1ccc(Cl)c(C(=O)N(C)Cc2ccccc2)c1. The van der Waals surface area contributed by atoms with Gasteiger partial charge in [-0.2, -0.15) is 4.31 Å². The number of halogens is 1. The number of amides is 1. The topological polar surface area (TPSA) is 57.7 Å². The molecule has 26 heavy (non-hydrogen) atoms. The zero-order valence-electron chi connectivity index (χ0n) is 15.1. The molecule has 0 aliphatic carbocycles. The van der Waals surface area contributed by atoms with Gasteiger partial charge in [0, 0.05) is 26.7 Å². The molecule has 2 rings (SSSR count). The molecule has 0 unspecified atom stereocenters. The minimum atomic E-state index is -3.65. The number of nitrogens with zero attached hydrogens (tertiary/aromatic N) is 2. The molecule has 1 amide bonds. The Bertz CT molecular complexity index is 866. The maximum atomic E-state index is 12.8. The molecule has 0 aromatic heterocycles. The van der Waals surface area contributed by atoms with Gasteiger partial charge in [0.25, 0.3) is 5.91 Å². The van der Waals surface area contributed by atoms with E-state index >= 15 is 0 Å². The summed E-state index contributed by atoms with van der Waals surface area (Å²) in [7, 11) is -1.99. The van der Waals surface area contributed by atoms with Crippen LogP contribution in [0.5, 0.6) is 0 Å². The Labute approximate surface area is 160 Å². The highest BCUT2D eigenvalue weighted by Gasteiger charge is 2.24. The summed E-state index contributed by atoms with van der Waals surface area (Å²) in [6.45, 7) is 4.67. The first-order valence-corrected chi connectivity index (χ1v) is 10.2. The number of hydrogen-bond donors (Lipinski definition) is 0. The minimum absolute atomic E-state index is 0.0714. The van der Waals surface area contributed by atoms with Crippen molar-refractivity contribution in [2.75, 3.05) is 20.1 Å². The summed E-state index contributed by atoms with van der Waals surface area (Å²) in [5.74, 6) is -0.324. The van der Waals surface area contributed by atoms with E-state index in [4.69, 9.17) is 11.6 Å². The molecule has 0 saturated heterocycles. The van der Waals surface area contributed by atoms with E-state index < -0.39 is 10.0 Å². The average molecular weight is 395 g/mol. The van der Waals surface area contributed by atoms with Crippen molar-refractivity contribution in [3.63, 3.8) is 0 Å². The van der Waals surface area contributed by atoms with E-state index in [1.165, 1.54) is 27.4 Å². The third-order valence-corrected chi connectivity index (χ3v) is 6.50. The van der Waals surface area contributed by atoms with Crippen molar-refractivity contribution in [3.05, 3.63) is 64.7 Å². The van der Waals surface area contributed by atoms with Crippen molar-refractivity contribution in [1.29, 1.82) is 0 Å². The van der Waals surface area contributed by atoms with Crippen molar-refractivity contribution in [3.8, 4) is 0 Å². The Hall–Kier alpha value is -1.89. The Morgan fingerprint density at radius 3 is 2.23 bits per heavy atom. The molecule has 2 aromatic rings. The van der Waals surface area contributed by atoms with Crippen LogP contribution in [-0.4, -0.2) is 43.7 Å². The quantitative estimate of drug-likeness (QED) is 0.720. The largest absolute Gasteiger partial charge is 0.337 e. The first kappa shape index (κ1) is 20.4. The number of hydrogen-bond acceptors (Lipinski definition) is 3. The van der Waals surface area contributed by atoms with Gasteiger partial charge in [-0.25, -0.2) is 8.42 Å². The fourth-order valence-corrected chi connectivity index (χ4v) is 4.36. The van der Waals surface area contributed by atoms with Gasteiger partial charge in [0.15, 0.2) is 0 Å². The molecule has 7 heteroatoms. The van der Waals surface area contributed by atoms with Crippen LogP contribution in [0, 0.1) is 0 Å². The Balaban J connectivity index is 2.33. The van der Waals surface area contributed by atoms with Gasteiger partial charge in [-0.05, 0) is 23.8 Å². The molecule has 0 spiro atoms. The highest BCUT2D eigenvalue weighted by atomic mass is 35.5. The van der Waals surface area contributed by atoms with Crippen LogP contribution in [0.2, 0.25) is 5.02 Å². The lowest BCUT2D eigenvalue weighted by atomic mass is 10.1. The van der Waals surface area contributed by atoms with E-state index in [1.54, 1.807) is 20.9 Å².